The minimum Gasteiger partial charge on any atom is -0.340 e. The highest BCUT2D eigenvalue weighted by Gasteiger charge is 2.31. The number of amides is 1. The Kier molecular flexibility index (Phi) is 6.17. The van der Waals surface area contributed by atoms with Gasteiger partial charge in [-0.25, -0.2) is 8.42 Å². The highest BCUT2D eigenvalue weighted by molar-refractivity contribution is 7.92. The van der Waals surface area contributed by atoms with Gasteiger partial charge in [-0.2, -0.15) is 13.2 Å². The van der Waals surface area contributed by atoms with Crippen molar-refractivity contribution in [2.45, 2.75) is 12.6 Å². The van der Waals surface area contributed by atoms with E-state index < -0.39 is 21.8 Å². The van der Waals surface area contributed by atoms with Crippen molar-refractivity contribution in [2.75, 3.05) is 50.3 Å². The highest BCUT2D eigenvalue weighted by Crippen LogP contribution is 2.32. The summed E-state index contributed by atoms with van der Waals surface area (Å²) >= 11 is 0. The average molecular weight is 393 g/mol. The molecule has 1 aliphatic rings. The second-order valence-corrected chi connectivity index (χ2v) is 8.22. The van der Waals surface area contributed by atoms with Crippen LogP contribution in [-0.4, -0.2) is 70.2 Å². The van der Waals surface area contributed by atoms with Crippen molar-refractivity contribution >= 4 is 21.6 Å². The fraction of sp³-hybridized carbons (Fsp3) is 0.562. The van der Waals surface area contributed by atoms with Crippen LogP contribution in [0.3, 0.4) is 0 Å². The number of likely N-dealkylation sites (N-methyl/N-ethyl adjacent to an activating group) is 1. The van der Waals surface area contributed by atoms with Crippen molar-refractivity contribution < 1.29 is 26.4 Å². The topological polar surface area (TPSA) is 60.9 Å². The predicted molar refractivity (Wildman–Crippen MR) is 92.3 cm³/mol. The lowest BCUT2D eigenvalue weighted by atomic mass is 10.2. The number of piperazine rings is 1. The number of carbonyl (C=O) groups is 1. The number of rotatable bonds is 5. The van der Waals surface area contributed by atoms with Crippen LogP contribution in [0.1, 0.15) is 12.0 Å². The third-order valence-corrected chi connectivity index (χ3v) is 5.44. The standard InChI is InChI=1S/C16H22F3N3O3S/c1-20-8-10-21(11-9-20)15(23)6-7-22(26(2,24)25)14-5-3-4-13(12-14)16(17,18)19/h3-5,12H,6-11H2,1-2H3. The quantitative estimate of drug-likeness (QED) is 0.763. The average Bonchev–Trinajstić information content (AvgIpc) is 2.54. The molecule has 1 aromatic carbocycles. The Morgan fingerprint density at radius 3 is 2.35 bits per heavy atom. The Balaban J connectivity index is 2.13. The maximum Gasteiger partial charge on any atom is 0.416 e. The van der Waals surface area contributed by atoms with E-state index in [9.17, 15) is 26.4 Å². The minimum atomic E-state index is -4.57. The van der Waals surface area contributed by atoms with Crippen molar-refractivity contribution in [3.8, 4) is 0 Å². The Morgan fingerprint density at radius 1 is 1.19 bits per heavy atom. The highest BCUT2D eigenvalue weighted by atomic mass is 32.2. The van der Waals surface area contributed by atoms with E-state index in [4.69, 9.17) is 0 Å². The van der Waals surface area contributed by atoms with Gasteiger partial charge in [-0.15, -0.1) is 0 Å². The smallest absolute Gasteiger partial charge is 0.340 e. The molecule has 0 atom stereocenters. The predicted octanol–water partition coefficient (Wildman–Crippen LogP) is 1.64. The van der Waals surface area contributed by atoms with Gasteiger partial charge < -0.3 is 9.80 Å². The summed E-state index contributed by atoms with van der Waals surface area (Å²) in [4.78, 5) is 16.0. The fourth-order valence-corrected chi connectivity index (χ4v) is 3.65. The third kappa shape index (κ3) is 5.34. The van der Waals surface area contributed by atoms with E-state index in [0.29, 0.717) is 13.1 Å². The van der Waals surface area contributed by atoms with Gasteiger partial charge in [0.1, 0.15) is 0 Å². The Hall–Kier alpha value is -1.81. The number of benzene rings is 1. The molecule has 6 nitrogen and oxygen atoms in total. The van der Waals surface area contributed by atoms with Gasteiger partial charge in [0, 0.05) is 39.1 Å². The van der Waals surface area contributed by atoms with Gasteiger partial charge in [-0.05, 0) is 25.2 Å². The van der Waals surface area contributed by atoms with Crippen molar-refractivity contribution in [1.29, 1.82) is 0 Å². The van der Waals surface area contributed by atoms with E-state index in [1.807, 2.05) is 7.05 Å². The molecule has 0 saturated carbocycles. The number of anilines is 1. The molecule has 0 aromatic heterocycles. The number of nitrogens with zero attached hydrogens (tertiary/aromatic N) is 3. The molecular formula is C16H22F3N3O3S. The lowest BCUT2D eigenvalue weighted by molar-refractivity contribution is -0.137. The first-order chi connectivity index (χ1) is 12.0. The van der Waals surface area contributed by atoms with Crippen molar-refractivity contribution in [3.05, 3.63) is 29.8 Å². The lowest BCUT2D eigenvalue weighted by Crippen LogP contribution is -2.48. The summed E-state index contributed by atoms with van der Waals surface area (Å²) in [7, 11) is -1.88. The number of sulfonamides is 1. The summed E-state index contributed by atoms with van der Waals surface area (Å²) in [5.41, 5.74) is -1.04. The molecule has 1 aromatic rings. The van der Waals surface area contributed by atoms with Crippen LogP contribution in [0.5, 0.6) is 0 Å². The summed E-state index contributed by atoms with van der Waals surface area (Å²) in [6.45, 7) is 2.37. The first kappa shape index (κ1) is 20.5. The maximum atomic E-state index is 12.9. The SMILES string of the molecule is CN1CCN(C(=O)CCN(c2cccc(C(F)(F)F)c2)S(C)(=O)=O)CC1. The van der Waals surface area contributed by atoms with Gasteiger partial charge >= 0.3 is 6.18 Å². The van der Waals surface area contributed by atoms with Gasteiger partial charge in [-0.3, -0.25) is 9.10 Å². The van der Waals surface area contributed by atoms with Crippen LogP contribution in [0, 0.1) is 0 Å². The number of hydrogen-bond acceptors (Lipinski definition) is 4. The zero-order valence-electron chi connectivity index (χ0n) is 14.7. The summed E-state index contributed by atoms with van der Waals surface area (Å²) in [6.07, 6.45) is -3.75. The van der Waals surface area contributed by atoms with Crippen molar-refractivity contribution in [1.82, 2.24) is 9.80 Å². The number of hydrogen-bond donors (Lipinski definition) is 0. The minimum absolute atomic E-state index is 0.0902. The van der Waals surface area contributed by atoms with Crippen molar-refractivity contribution in [2.24, 2.45) is 0 Å². The van der Waals surface area contributed by atoms with E-state index in [2.05, 4.69) is 4.90 Å². The van der Waals surface area contributed by atoms with Gasteiger partial charge in [-0.1, -0.05) is 6.07 Å². The third-order valence-electron chi connectivity index (χ3n) is 4.25. The normalized spacial score (nSPS) is 16.6. The molecule has 1 amide bonds. The van der Waals surface area contributed by atoms with Gasteiger partial charge in [0.05, 0.1) is 17.5 Å². The van der Waals surface area contributed by atoms with Gasteiger partial charge in [0.2, 0.25) is 15.9 Å². The van der Waals surface area contributed by atoms with Crippen LogP contribution >= 0.6 is 0 Å². The van der Waals surface area contributed by atoms with Gasteiger partial charge in [0.25, 0.3) is 0 Å². The fourth-order valence-electron chi connectivity index (χ4n) is 2.73. The molecule has 1 aliphatic heterocycles. The number of halogens is 3. The second-order valence-electron chi connectivity index (χ2n) is 6.32. The number of alkyl halides is 3. The maximum absolute atomic E-state index is 12.9. The van der Waals surface area contributed by atoms with Crippen LogP contribution in [0.4, 0.5) is 18.9 Å². The molecule has 0 aliphatic carbocycles. The Labute approximate surface area is 151 Å². The van der Waals surface area contributed by atoms with Crippen LogP contribution in [0.15, 0.2) is 24.3 Å². The van der Waals surface area contributed by atoms with Gasteiger partial charge in [0.15, 0.2) is 0 Å². The first-order valence-electron chi connectivity index (χ1n) is 8.10. The first-order valence-corrected chi connectivity index (χ1v) is 9.94. The molecule has 10 heteroatoms. The molecule has 146 valence electrons. The molecule has 0 N–H and O–H groups in total. The molecule has 1 heterocycles. The molecular weight excluding hydrogens is 371 g/mol. The van der Waals surface area contributed by atoms with E-state index in [-0.39, 0.29) is 24.6 Å². The van der Waals surface area contributed by atoms with E-state index >= 15 is 0 Å². The monoisotopic (exact) mass is 393 g/mol. The van der Waals surface area contributed by atoms with Crippen LogP contribution in [0.25, 0.3) is 0 Å². The lowest BCUT2D eigenvalue weighted by Gasteiger charge is -2.33. The van der Waals surface area contributed by atoms with E-state index in [1.54, 1.807) is 4.90 Å². The molecule has 26 heavy (non-hydrogen) atoms. The molecule has 0 spiro atoms. The van der Waals surface area contributed by atoms with E-state index in [1.165, 1.54) is 6.07 Å². The molecule has 1 fully saturated rings. The zero-order chi connectivity index (χ0) is 19.5. The Bertz CT molecular complexity index is 745. The molecule has 0 unspecified atom stereocenters. The zero-order valence-corrected chi connectivity index (χ0v) is 15.5. The molecule has 0 bridgehead atoms. The summed E-state index contributed by atoms with van der Waals surface area (Å²) in [6, 6.07) is 4.09. The summed E-state index contributed by atoms with van der Waals surface area (Å²) < 4.78 is 63.6. The van der Waals surface area contributed by atoms with Crippen LogP contribution in [-0.2, 0) is 21.0 Å². The summed E-state index contributed by atoms with van der Waals surface area (Å²) in [5, 5.41) is 0. The Morgan fingerprint density at radius 2 is 1.81 bits per heavy atom. The van der Waals surface area contributed by atoms with Crippen molar-refractivity contribution in [3.63, 3.8) is 0 Å². The second kappa shape index (κ2) is 7.83. The summed E-state index contributed by atoms with van der Waals surface area (Å²) in [5.74, 6) is -0.210. The molecule has 2 rings (SSSR count). The number of carbonyl (C=O) groups excluding carboxylic acids is 1. The van der Waals surface area contributed by atoms with E-state index in [0.717, 1.165) is 41.8 Å². The van der Waals surface area contributed by atoms with Crippen LogP contribution in [0.2, 0.25) is 0 Å². The molecule has 1 saturated heterocycles. The molecule has 0 radical (unpaired) electrons. The van der Waals surface area contributed by atoms with Crippen LogP contribution < -0.4 is 4.31 Å². The largest absolute Gasteiger partial charge is 0.416 e.